The Morgan fingerprint density at radius 2 is 1.76 bits per heavy atom. The van der Waals surface area contributed by atoms with Gasteiger partial charge in [0.1, 0.15) is 0 Å². The van der Waals surface area contributed by atoms with Crippen molar-refractivity contribution in [1.29, 1.82) is 0 Å². The van der Waals surface area contributed by atoms with Crippen LogP contribution in [0.5, 0.6) is 0 Å². The molecule has 0 fully saturated rings. The van der Waals surface area contributed by atoms with Gasteiger partial charge in [-0.05, 0) is 42.8 Å². The van der Waals surface area contributed by atoms with E-state index in [4.69, 9.17) is 23.2 Å². The van der Waals surface area contributed by atoms with Crippen molar-refractivity contribution in [3.63, 3.8) is 0 Å². The average Bonchev–Trinajstić information content (AvgIpc) is 2.39. The number of hydrogen-bond acceptors (Lipinski definition) is 1. The van der Waals surface area contributed by atoms with E-state index in [9.17, 15) is 13.2 Å². The first-order valence-corrected chi connectivity index (χ1v) is 6.91. The van der Waals surface area contributed by atoms with Gasteiger partial charge in [-0.25, -0.2) is 0 Å². The van der Waals surface area contributed by atoms with Gasteiger partial charge < -0.3 is 5.32 Å². The first kappa shape index (κ1) is 16.0. The van der Waals surface area contributed by atoms with Gasteiger partial charge in [-0.1, -0.05) is 35.3 Å². The van der Waals surface area contributed by atoms with Crippen LogP contribution in [0.25, 0.3) is 0 Å². The fraction of sp³-hybridized carbons (Fsp3) is 0.200. The van der Waals surface area contributed by atoms with Crippen LogP contribution in [0, 0.1) is 0 Å². The van der Waals surface area contributed by atoms with Gasteiger partial charge in [-0.15, -0.1) is 0 Å². The third-order valence-electron chi connectivity index (χ3n) is 3.00. The third-order valence-corrected chi connectivity index (χ3v) is 3.57. The summed E-state index contributed by atoms with van der Waals surface area (Å²) in [5.74, 6) is 0. The normalized spacial score (nSPS) is 13.0. The van der Waals surface area contributed by atoms with Crippen molar-refractivity contribution < 1.29 is 13.2 Å². The highest BCUT2D eigenvalue weighted by molar-refractivity contribution is 6.31. The third kappa shape index (κ3) is 4.05. The number of hydrogen-bond donors (Lipinski definition) is 1. The SMILES string of the molecule is CC(Nc1ccc(Cl)c(C(F)(F)F)c1)c1cccc(Cl)c1. The van der Waals surface area contributed by atoms with Gasteiger partial charge >= 0.3 is 6.18 Å². The Kier molecular flexibility index (Phi) is 4.69. The van der Waals surface area contributed by atoms with Gasteiger partial charge in [-0.2, -0.15) is 13.2 Å². The maximum Gasteiger partial charge on any atom is 0.417 e. The molecule has 0 aliphatic heterocycles. The second-order valence-electron chi connectivity index (χ2n) is 4.61. The van der Waals surface area contributed by atoms with Gasteiger partial charge in [-0.3, -0.25) is 0 Å². The van der Waals surface area contributed by atoms with Crippen molar-refractivity contribution in [3.8, 4) is 0 Å². The molecular formula is C15H12Cl2F3N. The molecule has 0 aromatic heterocycles. The second kappa shape index (κ2) is 6.16. The Morgan fingerprint density at radius 3 is 2.38 bits per heavy atom. The van der Waals surface area contributed by atoms with Crippen LogP contribution in [0.2, 0.25) is 10.0 Å². The smallest absolute Gasteiger partial charge is 0.379 e. The van der Waals surface area contributed by atoms with Crippen LogP contribution in [0.15, 0.2) is 42.5 Å². The highest BCUT2D eigenvalue weighted by atomic mass is 35.5. The van der Waals surface area contributed by atoms with Gasteiger partial charge in [0.25, 0.3) is 0 Å². The molecule has 21 heavy (non-hydrogen) atoms. The molecule has 1 nitrogen and oxygen atoms in total. The summed E-state index contributed by atoms with van der Waals surface area (Å²) < 4.78 is 38.4. The lowest BCUT2D eigenvalue weighted by atomic mass is 10.1. The molecule has 2 aromatic carbocycles. The molecule has 0 amide bonds. The monoisotopic (exact) mass is 333 g/mol. The molecule has 2 rings (SSSR count). The summed E-state index contributed by atoms with van der Waals surface area (Å²) in [6.45, 7) is 1.84. The Hall–Kier alpha value is -1.39. The number of nitrogens with one attached hydrogen (secondary N) is 1. The largest absolute Gasteiger partial charge is 0.417 e. The molecule has 112 valence electrons. The Bertz CT molecular complexity index is 641. The summed E-state index contributed by atoms with van der Waals surface area (Å²) in [5.41, 5.74) is 0.373. The molecule has 0 bridgehead atoms. The molecule has 6 heteroatoms. The van der Waals surface area contributed by atoms with Gasteiger partial charge in [0.15, 0.2) is 0 Å². The van der Waals surface area contributed by atoms with Crippen LogP contribution in [0.1, 0.15) is 24.1 Å². The first-order valence-electron chi connectivity index (χ1n) is 6.16. The summed E-state index contributed by atoms with van der Waals surface area (Å²) >= 11 is 11.5. The molecule has 2 aromatic rings. The zero-order chi connectivity index (χ0) is 15.6. The Labute approximate surface area is 130 Å². The molecule has 0 saturated carbocycles. The van der Waals surface area contributed by atoms with E-state index in [1.54, 1.807) is 18.2 Å². The number of rotatable bonds is 3. The number of anilines is 1. The minimum atomic E-state index is -4.48. The summed E-state index contributed by atoms with van der Waals surface area (Å²) in [4.78, 5) is 0. The maximum atomic E-state index is 12.8. The molecule has 0 saturated heterocycles. The molecule has 1 atom stereocenters. The van der Waals surface area contributed by atoms with Crippen molar-refractivity contribution >= 4 is 28.9 Å². The van der Waals surface area contributed by atoms with Crippen LogP contribution >= 0.6 is 23.2 Å². The van der Waals surface area contributed by atoms with E-state index >= 15 is 0 Å². The fourth-order valence-electron chi connectivity index (χ4n) is 1.94. The van der Waals surface area contributed by atoms with Crippen LogP contribution in [-0.4, -0.2) is 0 Å². The van der Waals surface area contributed by atoms with Crippen molar-refractivity contribution in [2.24, 2.45) is 0 Å². The fourth-order valence-corrected chi connectivity index (χ4v) is 2.36. The summed E-state index contributed by atoms with van der Waals surface area (Å²) in [6.07, 6.45) is -4.48. The van der Waals surface area contributed by atoms with Crippen molar-refractivity contribution in [3.05, 3.63) is 63.6 Å². The lowest BCUT2D eigenvalue weighted by Crippen LogP contribution is -2.10. The topological polar surface area (TPSA) is 12.0 Å². The minimum absolute atomic E-state index is 0.189. The van der Waals surface area contributed by atoms with E-state index in [1.807, 2.05) is 13.0 Å². The van der Waals surface area contributed by atoms with E-state index in [1.165, 1.54) is 12.1 Å². The molecular weight excluding hydrogens is 322 g/mol. The molecule has 1 unspecified atom stereocenters. The minimum Gasteiger partial charge on any atom is -0.379 e. The Balaban J connectivity index is 2.24. The molecule has 0 heterocycles. The number of alkyl halides is 3. The van der Waals surface area contributed by atoms with E-state index < -0.39 is 11.7 Å². The number of halogens is 5. The molecule has 1 N–H and O–H groups in total. The predicted molar refractivity (Wildman–Crippen MR) is 79.9 cm³/mol. The van der Waals surface area contributed by atoms with E-state index in [2.05, 4.69) is 5.32 Å². The molecule has 0 aliphatic carbocycles. The van der Waals surface area contributed by atoms with E-state index in [0.29, 0.717) is 10.7 Å². The lowest BCUT2D eigenvalue weighted by Gasteiger charge is -2.18. The highest BCUT2D eigenvalue weighted by Gasteiger charge is 2.33. The van der Waals surface area contributed by atoms with Crippen LogP contribution in [0.4, 0.5) is 18.9 Å². The number of benzene rings is 2. The van der Waals surface area contributed by atoms with Crippen molar-refractivity contribution in [1.82, 2.24) is 0 Å². The maximum absolute atomic E-state index is 12.8. The standard InChI is InChI=1S/C15H12Cl2F3N/c1-9(10-3-2-4-11(16)7-10)21-12-5-6-14(17)13(8-12)15(18,19)20/h2-9,21H,1H3. The van der Waals surface area contributed by atoms with Crippen molar-refractivity contribution in [2.75, 3.05) is 5.32 Å². The predicted octanol–water partition coefficient (Wildman–Crippen LogP) is 6.19. The quantitative estimate of drug-likeness (QED) is 0.706. The van der Waals surface area contributed by atoms with E-state index in [-0.39, 0.29) is 11.1 Å². The van der Waals surface area contributed by atoms with Crippen LogP contribution < -0.4 is 5.32 Å². The molecule has 0 spiro atoms. The Morgan fingerprint density at radius 1 is 1.05 bits per heavy atom. The second-order valence-corrected chi connectivity index (χ2v) is 5.46. The highest BCUT2D eigenvalue weighted by Crippen LogP contribution is 2.36. The van der Waals surface area contributed by atoms with Crippen LogP contribution in [0.3, 0.4) is 0 Å². The van der Waals surface area contributed by atoms with Crippen LogP contribution in [-0.2, 0) is 6.18 Å². The lowest BCUT2D eigenvalue weighted by molar-refractivity contribution is -0.137. The molecule has 0 aliphatic rings. The average molecular weight is 334 g/mol. The molecule has 0 radical (unpaired) electrons. The summed E-state index contributed by atoms with van der Waals surface area (Å²) in [6, 6.07) is 10.7. The zero-order valence-corrected chi connectivity index (χ0v) is 12.5. The summed E-state index contributed by atoms with van der Waals surface area (Å²) in [5, 5.41) is 3.27. The van der Waals surface area contributed by atoms with Crippen molar-refractivity contribution in [2.45, 2.75) is 19.1 Å². The van der Waals surface area contributed by atoms with Gasteiger partial charge in [0.05, 0.1) is 10.6 Å². The summed E-state index contributed by atoms with van der Waals surface area (Å²) in [7, 11) is 0. The van der Waals surface area contributed by atoms with Gasteiger partial charge in [0, 0.05) is 16.8 Å². The van der Waals surface area contributed by atoms with E-state index in [0.717, 1.165) is 11.6 Å². The van der Waals surface area contributed by atoms with Gasteiger partial charge in [0.2, 0.25) is 0 Å². The zero-order valence-electron chi connectivity index (χ0n) is 11.0. The first-order chi connectivity index (χ1) is 9.77.